The summed E-state index contributed by atoms with van der Waals surface area (Å²) in [7, 11) is -3.53. The second-order valence-electron chi connectivity index (χ2n) is 10.1. The first-order chi connectivity index (χ1) is 16.8. The Kier molecular flexibility index (Phi) is 7.26. The molecular weight excluding hydrogens is 478 g/mol. The van der Waals surface area contributed by atoms with Crippen LogP contribution in [0.4, 0.5) is 0 Å². The zero-order valence-electron chi connectivity index (χ0n) is 20.9. The smallest absolute Gasteiger partial charge is 0.243 e. The van der Waals surface area contributed by atoms with Crippen molar-refractivity contribution >= 4 is 32.8 Å². The highest BCUT2D eigenvalue weighted by Crippen LogP contribution is 2.32. The highest BCUT2D eigenvalue weighted by molar-refractivity contribution is 7.98. The van der Waals surface area contributed by atoms with Gasteiger partial charge in [0.15, 0.2) is 5.16 Å². The number of aromatic nitrogens is 2. The number of sulfonamides is 1. The molecule has 188 valence electrons. The third-order valence-corrected chi connectivity index (χ3v) is 10.1. The van der Waals surface area contributed by atoms with Gasteiger partial charge in [-0.1, -0.05) is 42.4 Å². The minimum Gasteiger partial charge on any atom is -0.376 e. The Morgan fingerprint density at radius 1 is 1.11 bits per heavy atom. The van der Waals surface area contributed by atoms with E-state index in [0.717, 1.165) is 60.8 Å². The van der Waals surface area contributed by atoms with E-state index in [1.54, 1.807) is 28.2 Å². The summed E-state index contributed by atoms with van der Waals surface area (Å²) in [5.74, 6) is 1.21. The number of rotatable bonds is 7. The third-order valence-electron chi connectivity index (χ3n) is 7.21. The Morgan fingerprint density at radius 2 is 1.97 bits per heavy atom. The Labute approximate surface area is 213 Å². The van der Waals surface area contributed by atoms with Gasteiger partial charge in [0.25, 0.3) is 0 Å². The Morgan fingerprint density at radius 3 is 2.74 bits per heavy atom. The molecule has 2 fully saturated rings. The van der Waals surface area contributed by atoms with Crippen LogP contribution in [0.5, 0.6) is 0 Å². The van der Waals surface area contributed by atoms with Gasteiger partial charge < -0.3 is 9.30 Å². The van der Waals surface area contributed by atoms with Crippen LogP contribution < -0.4 is 0 Å². The summed E-state index contributed by atoms with van der Waals surface area (Å²) in [6, 6.07) is 12.0. The highest BCUT2D eigenvalue weighted by Gasteiger charge is 2.29. The fraction of sp³-hybridized carbons (Fsp3) is 0.519. The minimum absolute atomic E-state index is 0.172. The van der Waals surface area contributed by atoms with Gasteiger partial charge in [-0.05, 0) is 74.8 Å². The zero-order chi connectivity index (χ0) is 24.6. The van der Waals surface area contributed by atoms with Crippen LogP contribution in [0.25, 0.3) is 11.0 Å². The van der Waals surface area contributed by atoms with Crippen LogP contribution in [-0.4, -0.2) is 48.1 Å². The van der Waals surface area contributed by atoms with Crippen LogP contribution in [0.15, 0.2) is 46.5 Å². The van der Waals surface area contributed by atoms with Crippen molar-refractivity contribution in [3.05, 3.63) is 53.1 Å². The summed E-state index contributed by atoms with van der Waals surface area (Å²) in [6.45, 7) is 9.10. The van der Waals surface area contributed by atoms with E-state index >= 15 is 0 Å². The molecule has 0 spiro atoms. The number of aryl methyl sites for hydroxylation is 2. The average molecular weight is 514 g/mol. The van der Waals surface area contributed by atoms with Crippen molar-refractivity contribution in [3.8, 4) is 0 Å². The van der Waals surface area contributed by atoms with Gasteiger partial charge in [0, 0.05) is 25.4 Å². The predicted molar refractivity (Wildman–Crippen MR) is 141 cm³/mol. The van der Waals surface area contributed by atoms with Gasteiger partial charge in [0.2, 0.25) is 10.0 Å². The molecule has 35 heavy (non-hydrogen) atoms. The molecule has 1 aromatic heterocycles. The molecule has 8 heteroatoms. The van der Waals surface area contributed by atoms with E-state index in [1.165, 1.54) is 16.7 Å². The number of imidazole rings is 1. The van der Waals surface area contributed by atoms with Crippen molar-refractivity contribution < 1.29 is 13.2 Å². The molecular formula is C27H35N3O3S2. The van der Waals surface area contributed by atoms with E-state index < -0.39 is 10.0 Å². The fourth-order valence-electron chi connectivity index (χ4n) is 5.14. The molecule has 0 N–H and O–H groups in total. The van der Waals surface area contributed by atoms with Gasteiger partial charge in [-0.3, -0.25) is 0 Å². The molecule has 2 atom stereocenters. The van der Waals surface area contributed by atoms with Crippen LogP contribution in [0, 0.1) is 19.8 Å². The molecule has 0 unspecified atom stereocenters. The maximum atomic E-state index is 13.4. The van der Waals surface area contributed by atoms with Gasteiger partial charge in [-0.25, -0.2) is 13.4 Å². The Hall–Kier alpha value is -1.87. The molecule has 0 amide bonds. The molecule has 2 aliphatic heterocycles. The van der Waals surface area contributed by atoms with E-state index in [1.807, 2.05) is 6.07 Å². The van der Waals surface area contributed by atoms with Crippen molar-refractivity contribution in [3.63, 3.8) is 0 Å². The molecule has 5 rings (SSSR count). The van der Waals surface area contributed by atoms with Crippen LogP contribution >= 0.6 is 11.8 Å². The van der Waals surface area contributed by atoms with Gasteiger partial charge in [0.05, 0.1) is 28.6 Å². The first kappa shape index (κ1) is 24.8. The number of benzene rings is 2. The average Bonchev–Trinajstić information content (AvgIpc) is 3.47. The number of piperidine rings is 1. The summed E-state index contributed by atoms with van der Waals surface area (Å²) in [5.41, 5.74) is 5.52. The number of fused-ring (bicyclic) bond motifs is 1. The topological polar surface area (TPSA) is 64.4 Å². The van der Waals surface area contributed by atoms with E-state index in [9.17, 15) is 8.42 Å². The maximum absolute atomic E-state index is 13.4. The first-order valence-corrected chi connectivity index (χ1v) is 15.0. The second kappa shape index (κ2) is 10.2. The lowest BCUT2D eigenvalue weighted by molar-refractivity contribution is 0.0960. The maximum Gasteiger partial charge on any atom is 0.243 e. The van der Waals surface area contributed by atoms with E-state index in [0.29, 0.717) is 23.9 Å². The van der Waals surface area contributed by atoms with Crippen molar-refractivity contribution in [2.45, 2.75) is 74.9 Å². The Balaban J connectivity index is 1.48. The van der Waals surface area contributed by atoms with Crippen LogP contribution in [0.3, 0.4) is 0 Å². The second-order valence-corrected chi connectivity index (χ2v) is 13.0. The van der Waals surface area contributed by atoms with Gasteiger partial charge in [0.1, 0.15) is 0 Å². The van der Waals surface area contributed by atoms with Crippen LogP contribution in [0.1, 0.15) is 49.3 Å². The number of hydrogen-bond donors (Lipinski definition) is 0. The van der Waals surface area contributed by atoms with E-state index in [4.69, 9.17) is 9.72 Å². The predicted octanol–water partition coefficient (Wildman–Crippen LogP) is 5.55. The van der Waals surface area contributed by atoms with Gasteiger partial charge in [-0.15, -0.1) is 0 Å². The molecule has 3 aromatic rings. The molecule has 6 nitrogen and oxygen atoms in total. The molecule has 2 aliphatic rings. The number of nitrogens with zero attached hydrogens (tertiary/aromatic N) is 3. The third kappa shape index (κ3) is 5.31. The summed E-state index contributed by atoms with van der Waals surface area (Å²) in [5, 5.41) is 0.914. The molecule has 2 saturated heterocycles. The van der Waals surface area contributed by atoms with Crippen molar-refractivity contribution in [1.29, 1.82) is 0 Å². The number of hydrogen-bond acceptors (Lipinski definition) is 5. The van der Waals surface area contributed by atoms with Crippen molar-refractivity contribution in [1.82, 2.24) is 13.9 Å². The summed E-state index contributed by atoms with van der Waals surface area (Å²) in [4.78, 5) is 5.28. The lowest BCUT2D eigenvalue weighted by atomic mass is 10.0. The summed E-state index contributed by atoms with van der Waals surface area (Å²) in [6.07, 6.45) is 4.29. The van der Waals surface area contributed by atoms with E-state index in [-0.39, 0.29) is 6.10 Å². The molecule has 3 heterocycles. The largest absolute Gasteiger partial charge is 0.376 e. The molecule has 0 bridgehead atoms. The van der Waals surface area contributed by atoms with Crippen molar-refractivity contribution in [2.24, 2.45) is 5.92 Å². The lowest BCUT2D eigenvalue weighted by Gasteiger charge is -2.30. The van der Waals surface area contributed by atoms with Crippen LogP contribution in [-0.2, 0) is 27.1 Å². The normalized spacial score (nSPS) is 21.7. The summed E-state index contributed by atoms with van der Waals surface area (Å²) < 4.78 is 36.6. The zero-order valence-corrected chi connectivity index (χ0v) is 22.5. The van der Waals surface area contributed by atoms with E-state index in [2.05, 4.69) is 43.5 Å². The molecule has 0 aliphatic carbocycles. The molecule has 0 radical (unpaired) electrons. The monoisotopic (exact) mass is 513 g/mol. The summed E-state index contributed by atoms with van der Waals surface area (Å²) >= 11 is 1.71. The molecule has 0 saturated carbocycles. The highest BCUT2D eigenvalue weighted by atomic mass is 32.2. The Bertz CT molecular complexity index is 1310. The van der Waals surface area contributed by atoms with Gasteiger partial charge >= 0.3 is 0 Å². The first-order valence-electron chi connectivity index (χ1n) is 12.6. The van der Waals surface area contributed by atoms with Crippen LogP contribution in [0.2, 0.25) is 0 Å². The fourth-order valence-corrected chi connectivity index (χ4v) is 7.84. The van der Waals surface area contributed by atoms with Crippen molar-refractivity contribution in [2.75, 3.05) is 19.7 Å². The SMILES string of the molecule is Cc1ccc(C)c(CSc2nc3cc(S(=O)(=O)N4CCC[C@H](C)C4)ccc3n2C[C@H]2CCCO2)c1. The quantitative estimate of drug-likeness (QED) is 0.388. The molecule has 2 aromatic carbocycles. The number of ether oxygens (including phenoxy) is 1. The number of thioether (sulfide) groups is 1. The standard InChI is InChI=1S/C27H35N3O3S2/c1-19-8-9-21(3)22(14-19)18-34-27-28-25-15-24(35(31,32)29-12-4-6-20(2)16-29)10-11-26(25)30(27)17-23-7-5-13-33-23/h8-11,14-15,20,23H,4-7,12-13,16-18H2,1-3H3/t20-,23+/m0/s1. The van der Waals surface area contributed by atoms with Gasteiger partial charge in [-0.2, -0.15) is 4.31 Å². The lowest BCUT2D eigenvalue weighted by Crippen LogP contribution is -2.39. The minimum atomic E-state index is -3.53.